The number of nitrogens with one attached hydrogen (secondary N) is 3. The number of nitrogens with zero attached hydrogens (tertiary/aromatic N) is 3. The topological polar surface area (TPSA) is 118 Å². The Hall–Kier alpha value is -5.03. The van der Waals surface area contributed by atoms with Crippen LogP contribution in [-0.2, 0) is 14.3 Å². The van der Waals surface area contributed by atoms with Crippen molar-refractivity contribution in [1.82, 2.24) is 9.97 Å². The van der Waals surface area contributed by atoms with Gasteiger partial charge in [-0.2, -0.15) is 4.98 Å². The molecule has 3 N–H and O–H groups in total. The van der Waals surface area contributed by atoms with Crippen LogP contribution < -0.4 is 25.6 Å². The number of anilines is 5. The van der Waals surface area contributed by atoms with Crippen molar-refractivity contribution in [2.24, 2.45) is 5.41 Å². The number of benzene rings is 3. The average Bonchev–Trinajstić information content (AvgIpc) is 3.83. The molecule has 2 heterocycles. The fourth-order valence-electron chi connectivity index (χ4n) is 4.63. The summed E-state index contributed by atoms with van der Waals surface area (Å²) in [5.41, 5.74) is 1.78. The van der Waals surface area contributed by atoms with Crippen LogP contribution in [0.1, 0.15) is 12.8 Å². The fraction of sp³-hybridized carbons (Fsp3) is 0.226. The molecule has 0 radical (unpaired) electrons. The van der Waals surface area contributed by atoms with E-state index in [2.05, 4.69) is 36.9 Å². The quantitative estimate of drug-likeness (QED) is 0.232. The van der Waals surface area contributed by atoms with E-state index in [4.69, 9.17) is 9.47 Å². The van der Waals surface area contributed by atoms with Crippen LogP contribution >= 0.6 is 0 Å². The van der Waals surface area contributed by atoms with Crippen molar-refractivity contribution < 1.29 is 23.5 Å². The van der Waals surface area contributed by atoms with Gasteiger partial charge in [0.25, 0.3) is 0 Å². The van der Waals surface area contributed by atoms with Crippen molar-refractivity contribution in [1.29, 1.82) is 0 Å². The first-order valence-electron chi connectivity index (χ1n) is 13.7. The zero-order valence-corrected chi connectivity index (χ0v) is 22.7. The molecular formula is C31H29FN6O4. The summed E-state index contributed by atoms with van der Waals surface area (Å²) in [6, 6.07) is 21.9. The molecule has 1 saturated carbocycles. The minimum atomic E-state index is -1.14. The lowest BCUT2D eigenvalue weighted by Gasteiger charge is -2.29. The SMILES string of the molecule is O=C(Nc1ccc(F)cc1)C1(C(=O)Nc2ccc(Oc3ccnc(Nc4cccc(N5CCOCC5)c4)n3)cc2)CC1. The summed E-state index contributed by atoms with van der Waals surface area (Å²) in [5, 5.41) is 8.75. The third-order valence-corrected chi connectivity index (χ3v) is 7.16. The number of ether oxygens (including phenoxy) is 2. The maximum Gasteiger partial charge on any atom is 0.240 e. The van der Waals surface area contributed by atoms with Gasteiger partial charge < -0.3 is 30.3 Å². The summed E-state index contributed by atoms with van der Waals surface area (Å²) < 4.78 is 24.5. The van der Waals surface area contributed by atoms with E-state index < -0.39 is 17.1 Å². The molecule has 214 valence electrons. The molecule has 0 unspecified atom stereocenters. The van der Waals surface area contributed by atoms with E-state index in [1.54, 1.807) is 36.5 Å². The van der Waals surface area contributed by atoms with Crippen molar-refractivity contribution in [2.75, 3.05) is 47.2 Å². The molecule has 0 atom stereocenters. The molecular weight excluding hydrogens is 539 g/mol. The number of rotatable bonds is 9. The number of amides is 2. The lowest BCUT2D eigenvalue weighted by Crippen LogP contribution is -2.36. The first kappa shape index (κ1) is 27.2. The van der Waals surface area contributed by atoms with Crippen molar-refractivity contribution in [3.8, 4) is 11.6 Å². The highest BCUT2D eigenvalue weighted by molar-refractivity contribution is 6.16. The van der Waals surface area contributed by atoms with Gasteiger partial charge in [-0.25, -0.2) is 9.37 Å². The van der Waals surface area contributed by atoms with Gasteiger partial charge in [0.1, 0.15) is 17.0 Å². The van der Waals surface area contributed by atoms with E-state index in [-0.39, 0.29) is 5.91 Å². The van der Waals surface area contributed by atoms with Gasteiger partial charge in [0.05, 0.1) is 13.2 Å². The van der Waals surface area contributed by atoms with E-state index in [0.717, 1.165) is 24.5 Å². The molecule has 1 saturated heterocycles. The molecule has 6 rings (SSSR count). The van der Waals surface area contributed by atoms with E-state index in [1.165, 1.54) is 24.3 Å². The van der Waals surface area contributed by atoms with Gasteiger partial charge in [-0.3, -0.25) is 9.59 Å². The molecule has 0 spiro atoms. The van der Waals surface area contributed by atoms with Crippen LogP contribution in [0.4, 0.5) is 33.1 Å². The van der Waals surface area contributed by atoms with Gasteiger partial charge in [-0.05, 0) is 79.6 Å². The standard InChI is InChI=1S/C31H29FN6O4/c32-21-4-6-22(7-5-21)34-28(39)31(13-14-31)29(40)35-23-8-10-26(11-9-23)42-27-12-15-33-30(37-27)36-24-2-1-3-25(20-24)38-16-18-41-19-17-38/h1-12,15,20H,13-14,16-19H2,(H,34,39)(H,35,40)(H,33,36,37). The summed E-state index contributed by atoms with van der Waals surface area (Å²) in [7, 11) is 0. The molecule has 10 nitrogen and oxygen atoms in total. The monoisotopic (exact) mass is 568 g/mol. The third kappa shape index (κ3) is 6.31. The van der Waals surface area contributed by atoms with Crippen molar-refractivity contribution >= 4 is 40.5 Å². The molecule has 11 heteroatoms. The zero-order valence-electron chi connectivity index (χ0n) is 22.7. The Bertz CT molecular complexity index is 1570. The van der Waals surface area contributed by atoms with Crippen molar-refractivity contribution in [3.05, 3.63) is 90.9 Å². The highest BCUT2D eigenvalue weighted by Crippen LogP contribution is 2.47. The maximum absolute atomic E-state index is 13.2. The number of hydrogen-bond donors (Lipinski definition) is 3. The summed E-state index contributed by atoms with van der Waals surface area (Å²) in [6.07, 6.45) is 2.49. The van der Waals surface area contributed by atoms with Gasteiger partial charge in [0, 0.05) is 48.1 Å². The third-order valence-electron chi connectivity index (χ3n) is 7.16. The summed E-state index contributed by atoms with van der Waals surface area (Å²) in [4.78, 5) is 36.8. The van der Waals surface area contributed by atoms with E-state index in [0.29, 0.717) is 55.0 Å². The van der Waals surface area contributed by atoms with Crippen molar-refractivity contribution in [2.45, 2.75) is 12.8 Å². The molecule has 2 amide bonds. The van der Waals surface area contributed by atoms with Gasteiger partial charge in [-0.15, -0.1) is 0 Å². The largest absolute Gasteiger partial charge is 0.439 e. The van der Waals surface area contributed by atoms with E-state index >= 15 is 0 Å². The summed E-state index contributed by atoms with van der Waals surface area (Å²) in [6.45, 7) is 3.12. The normalized spacial score (nSPS) is 15.4. The molecule has 0 bridgehead atoms. The Morgan fingerprint density at radius 2 is 1.52 bits per heavy atom. The second-order valence-electron chi connectivity index (χ2n) is 10.1. The average molecular weight is 569 g/mol. The zero-order chi connectivity index (χ0) is 28.9. The van der Waals surface area contributed by atoms with Gasteiger partial charge >= 0.3 is 0 Å². The van der Waals surface area contributed by atoms with E-state index in [1.807, 2.05) is 18.2 Å². The first-order valence-corrected chi connectivity index (χ1v) is 13.7. The summed E-state index contributed by atoms with van der Waals surface area (Å²) in [5.74, 6) is 0.0587. The van der Waals surface area contributed by atoms with Crippen LogP contribution in [0.2, 0.25) is 0 Å². The predicted molar refractivity (Wildman–Crippen MR) is 157 cm³/mol. The molecule has 3 aromatic carbocycles. The second kappa shape index (κ2) is 11.8. The fourth-order valence-corrected chi connectivity index (χ4v) is 4.63. The molecule has 42 heavy (non-hydrogen) atoms. The number of carbonyl (C=O) groups excluding carboxylic acids is 2. The predicted octanol–water partition coefficient (Wildman–Crippen LogP) is 5.35. The first-order chi connectivity index (χ1) is 20.5. The minimum absolute atomic E-state index is 0.350. The lowest BCUT2D eigenvalue weighted by atomic mass is 10.0. The van der Waals surface area contributed by atoms with Crippen LogP contribution in [0.15, 0.2) is 85.1 Å². The van der Waals surface area contributed by atoms with Crippen LogP contribution in [-0.4, -0.2) is 48.1 Å². The number of carbonyl (C=O) groups is 2. The minimum Gasteiger partial charge on any atom is -0.439 e. The Morgan fingerprint density at radius 1 is 0.857 bits per heavy atom. The lowest BCUT2D eigenvalue weighted by molar-refractivity contribution is -0.131. The van der Waals surface area contributed by atoms with Gasteiger partial charge in [-0.1, -0.05) is 6.07 Å². The van der Waals surface area contributed by atoms with Crippen LogP contribution in [0.25, 0.3) is 0 Å². The molecule has 1 aliphatic heterocycles. The van der Waals surface area contributed by atoms with Crippen LogP contribution in [0, 0.1) is 11.2 Å². The smallest absolute Gasteiger partial charge is 0.240 e. The number of halogens is 1. The Kier molecular flexibility index (Phi) is 7.65. The van der Waals surface area contributed by atoms with Crippen molar-refractivity contribution in [3.63, 3.8) is 0 Å². The number of hydrogen-bond acceptors (Lipinski definition) is 8. The van der Waals surface area contributed by atoms with Crippen LogP contribution in [0.5, 0.6) is 11.6 Å². The Morgan fingerprint density at radius 3 is 2.19 bits per heavy atom. The molecule has 4 aromatic rings. The highest BCUT2D eigenvalue weighted by atomic mass is 19.1. The Labute approximate surface area is 241 Å². The summed E-state index contributed by atoms with van der Waals surface area (Å²) >= 11 is 0. The Balaban J connectivity index is 1.05. The van der Waals surface area contributed by atoms with Crippen LogP contribution in [0.3, 0.4) is 0 Å². The highest BCUT2D eigenvalue weighted by Gasteiger charge is 2.56. The second-order valence-corrected chi connectivity index (χ2v) is 10.1. The molecule has 2 aliphatic rings. The number of aromatic nitrogens is 2. The van der Waals surface area contributed by atoms with Gasteiger partial charge in [0.15, 0.2) is 0 Å². The maximum atomic E-state index is 13.2. The van der Waals surface area contributed by atoms with E-state index in [9.17, 15) is 14.0 Å². The molecule has 1 aromatic heterocycles. The van der Waals surface area contributed by atoms with Gasteiger partial charge in [0.2, 0.25) is 23.6 Å². The molecule has 1 aliphatic carbocycles. The molecule has 2 fully saturated rings. The number of morpholine rings is 1.